The summed E-state index contributed by atoms with van der Waals surface area (Å²) in [6.45, 7) is 10.4. The van der Waals surface area contributed by atoms with Crippen LogP contribution in [0.15, 0.2) is 0 Å². The summed E-state index contributed by atoms with van der Waals surface area (Å²) in [4.78, 5) is 52.0. The summed E-state index contributed by atoms with van der Waals surface area (Å²) < 4.78 is 25.8. The van der Waals surface area contributed by atoms with Gasteiger partial charge in [-0.1, -0.05) is 34.6 Å². The number of hydrogen-bond donors (Lipinski definition) is 3. The minimum atomic E-state index is -3.26. The van der Waals surface area contributed by atoms with Crippen molar-refractivity contribution in [3.63, 3.8) is 0 Å². The Balaban J connectivity index is 1.81. The van der Waals surface area contributed by atoms with Crippen LogP contribution in [0.3, 0.4) is 0 Å². The first-order chi connectivity index (χ1) is 16.2. The van der Waals surface area contributed by atoms with Gasteiger partial charge in [-0.25, -0.2) is 0 Å². The molecule has 0 radical (unpaired) electrons. The number of likely N-dealkylation sites (tertiary alicyclic amines) is 1. The Hall–Kier alpha value is -2.77. The molecule has 2 heterocycles. The molecule has 194 valence electrons. The van der Waals surface area contributed by atoms with Crippen molar-refractivity contribution in [3.8, 4) is 6.07 Å². The number of amides is 4. The number of nitriles is 1. The fourth-order valence-corrected chi connectivity index (χ4v) is 5.99. The predicted molar refractivity (Wildman–Crippen MR) is 122 cm³/mol. The van der Waals surface area contributed by atoms with E-state index in [9.17, 15) is 33.2 Å². The third-order valence-electron chi connectivity index (χ3n) is 8.23. The molecular formula is C24H35F2N5O4. The van der Waals surface area contributed by atoms with Gasteiger partial charge in [0.15, 0.2) is 0 Å². The van der Waals surface area contributed by atoms with E-state index in [0.717, 1.165) is 0 Å². The first kappa shape index (κ1) is 26.8. The number of alkyl halides is 2. The number of piperidine rings is 1. The van der Waals surface area contributed by atoms with Gasteiger partial charge < -0.3 is 20.9 Å². The molecule has 2 saturated heterocycles. The van der Waals surface area contributed by atoms with Crippen LogP contribution >= 0.6 is 0 Å². The molecule has 3 N–H and O–H groups in total. The predicted octanol–water partition coefficient (Wildman–Crippen LogP) is 1.19. The fourth-order valence-electron chi connectivity index (χ4n) is 5.99. The summed E-state index contributed by atoms with van der Waals surface area (Å²) in [5.41, 5.74) is -0.619. The van der Waals surface area contributed by atoms with E-state index in [1.165, 1.54) is 4.90 Å². The fraction of sp³-hybridized carbons (Fsp3) is 0.792. The van der Waals surface area contributed by atoms with E-state index in [1.54, 1.807) is 0 Å². The smallest absolute Gasteiger partial charge is 0.315 e. The van der Waals surface area contributed by atoms with Gasteiger partial charge in [-0.2, -0.15) is 14.0 Å². The molecule has 0 unspecified atom stereocenters. The molecule has 0 aromatic heterocycles. The quantitative estimate of drug-likeness (QED) is 0.442. The lowest BCUT2D eigenvalue weighted by Gasteiger charge is -2.34. The second kappa shape index (κ2) is 9.70. The van der Waals surface area contributed by atoms with Crippen molar-refractivity contribution in [2.24, 2.45) is 28.6 Å². The molecule has 3 fully saturated rings. The van der Waals surface area contributed by atoms with Gasteiger partial charge in [-0.05, 0) is 36.0 Å². The van der Waals surface area contributed by atoms with E-state index in [0.29, 0.717) is 13.0 Å². The number of nitrogens with zero attached hydrogens (tertiary/aromatic N) is 2. The summed E-state index contributed by atoms with van der Waals surface area (Å²) >= 11 is 0. The van der Waals surface area contributed by atoms with Crippen molar-refractivity contribution in [1.82, 2.24) is 20.9 Å². The molecule has 0 aromatic carbocycles. The lowest BCUT2D eigenvalue weighted by atomic mass is 9.94. The van der Waals surface area contributed by atoms with Gasteiger partial charge in [0.25, 0.3) is 5.91 Å². The van der Waals surface area contributed by atoms with Crippen molar-refractivity contribution in [2.45, 2.75) is 78.4 Å². The Kier molecular flexibility index (Phi) is 7.44. The molecule has 2 aliphatic heterocycles. The highest BCUT2D eigenvalue weighted by molar-refractivity contribution is 5.94. The summed E-state index contributed by atoms with van der Waals surface area (Å²) in [5, 5.41) is 17.2. The van der Waals surface area contributed by atoms with Crippen LogP contribution in [-0.4, -0.2) is 66.2 Å². The molecule has 9 nitrogen and oxygen atoms in total. The third kappa shape index (κ3) is 4.98. The molecule has 0 bridgehead atoms. The number of hydrogen-bond acceptors (Lipinski definition) is 5. The topological polar surface area (TPSA) is 131 Å². The van der Waals surface area contributed by atoms with Crippen LogP contribution in [0.2, 0.25) is 0 Å². The lowest BCUT2D eigenvalue weighted by molar-refractivity contribution is -0.145. The van der Waals surface area contributed by atoms with Crippen LogP contribution in [-0.2, 0) is 19.2 Å². The van der Waals surface area contributed by atoms with E-state index in [4.69, 9.17) is 0 Å². The molecule has 1 aliphatic carbocycles. The number of halogens is 2. The molecule has 1 saturated carbocycles. The summed E-state index contributed by atoms with van der Waals surface area (Å²) in [5.74, 6) is -3.41. The van der Waals surface area contributed by atoms with Gasteiger partial charge in [0.05, 0.1) is 6.07 Å². The van der Waals surface area contributed by atoms with Crippen molar-refractivity contribution in [3.05, 3.63) is 0 Å². The van der Waals surface area contributed by atoms with Crippen molar-refractivity contribution in [1.29, 1.82) is 5.26 Å². The van der Waals surface area contributed by atoms with E-state index >= 15 is 0 Å². The van der Waals surface area contributed by atoms with Gasteiger partial charge in [-0.15, -0.1) is 0 Å². The van der Waals surface area contributed by atoms with E-state index in [2.05, 4.69) is 16.0 Å². The second-order valence-corrected chi connectivity index (χ2v) is 11.2. The highest BCUT2D eigenvalue weighted by Crippen LogP contribution is 2.74. The summed E-state index contributed by atoms with van der Waals surface area (Å²) in [6, 6.07) is -0.970. The van der Waals surface area contributed by atoms with Gasteiger partial charge in [0.2, 0.25) is 17.7 Å². The second-order valence-electron chi connectivity index (χ2n) is 11.2. The monoisotopic (exact) mass is 495 g/mol. The molecule has 4 amide bonds. The zero-order chi connectivity index (χ0) is 26.3. The third-order valence-corrected chi connectivity index (χ3v) is 8.23. The average Bonchev–Trinajstić information content (AvgIpc) is 3.12. The molecule has 0 spiro atoms. The minimum absolute atomic E-state index is 0.0705. The van der Waals surface area contributed by atoms with Crippen LogP contribution in [0.5, 0.6) is 0 Å². The zero-order valence-electron chi connectivity index (χ0n) is 20.9. The number of rotatable bonds is 9. The Labute approximate surface area is 204 Å². The van der Waals surface area contributed by atoms with Gasteiger partial charge >= 0.3 is 6.43 Å². The summed E-state index contributed by atoms with van der Waals surface area (Å²) in [6.07, 6.45) is -2.37. The molecule has 0 aromatic rings. The maximum Gasteiger partial charge on any atom is 0.315 e. The zero-order valence-corrected chi connectivity index (χ0v) is 20.9. The van der Waals surface area contributed by atoms with Crippen LogP contribution in [0.25, 0.3) is 0 Å². The molecule has 3 aliphatic rings. The molecule has 35 heavy (non-hydrogen) atoms. The Morgan fingerprint density at radius 1 is 1.23 bits per heavy atom. The maximum absolute atomic E-state index is 13.5. The Bertz CT molecular complexity index is 933. The van der Waals surface area contributed by atoms with Crippen molar-refractivity contribution in [2.75, 3.05) is 13.1 Å². The van der Waals surface area contributed by atoms with Gasteiger partial charge in [0.1, 0.15) is 18.1 Å². The highest BCUT2D eigenvalue weighted by atomic mass is 19.3. The van der Waals surface area contributed by atoms with E-state index < -0.39 is 42.3 Å². The lowest BCUT2D eigenvalue weighted by Crippen LogP contribution is -2.57. The largest absolute Gasteiger partial charge is 0.356 e. The highest BCUT2D eigenvalue weighted by Gasteiger charge is 2.77. The minimum Gasteiger partial charge on any atom is -0.356 e. The molecule has 6 atom stereocenters. The molecule has 3 rings (SSSR count). The van der Waals surface area contributed by atoms with Crippen molar-refractivity contribution >= 4 is 23.6 Å². The molecule has 11 heteroatoms. The number of carbonyl (C=O) groups excluding carboxylic acids is 4. The van der Waals surface area contributed by atoms with E-state index in [-0.39, 0.29) is 53.9 Å². The first-order valence-corrected chi connectivity index (χ1v) is 12.1. The van der Waals surface area contributed by atoms with E-state index in [1.807, 2.05) is 40.7 Å². The van der Waals surface area contributed by atoms with Crippen LogP contribution in [0, 0.1) is 39.9 Å². The Morgan fingerprint density at radius 2 is 1.89 bits per heavy atom. The normalized spacial score (nSPS) is 30.3. The maximum atomic E-state index is 13.5. The van der Waals surface area contributed by atoms with Crippen LogP contribution < -0.4 is 16.0 Å². The van der Waals surface area contributed by atoms with Crippen LogP contribution in [0.1, 0.15) is 53.9 Å². The Morgan fingerprint density at radius 3 is 2.40 bits per heavy atom. The first-order valence-electron chi connectivity index (χ1n) is 12.1. The number of carbonyl (C=O) groups is 4. The SMILES string of the molecule is CC(C)C[C@H](NC(=O)C(F)F)C(=O)N1C[C@@]2(C)[C@@H]([C@H]1C(=O)N[C@H](C#N)C[C@@H]1CCNC1=O)C2(C)C. The van der Waals surface area contributed by atoms with Gasteiger partial charge in [-0.3, -0.25) is 19.2 Å². The molecular weight excluding hydrogens is 460 g/mol. The van der Waals surface area contributed by atoms with Crippen molar-refractivity contribution < 1.29 is 28.0 Å². The average molecular weight is 496 g/mol. The number of fused-ring (bicyclic) bond motifs is 1. The standard InChI is InChI=1S/C24H35F2N5O4/c1-12(2)8-15(30-21(34)18(25)26)22(35)31-11-24(5)17(23(24,3)4)16(31)20(33)29-14(10-27)9-13-6-7-28-19(13)32/h12-18H,6-9,11H2,1-5H3,(H,28,32)(H,29,33)(H,30,34)/t13-,14-,15-,16-,17-,24-/m0/s1. The van der Waals surface area contributed by atoms with Crippen LogP contribution in [0.4, 0.5) is 8.78 Å². The van der Waals surface area contributed by atoms with Gasteiger partial charge in [0, 0.05) is 24.9 Å². The summed E-state index contributed by atoms with van der Waals surface area (Å²) in [7, 11) is 0. The number of nitrogens with one attached hydrogen (secondary N) is 3.